The molecule has 3 nitrogen and oxygen atoms in total. The van der Waals surface area contributed by atoms with Crippen molar-refractivity contribution in [2.45, 2.75) is 18.9 Å². The average molecular weight is 164 g/mol. The lowest BCUT2D eigenvalue weighted by molar-refractivity contribution is 0.450. The number of aromatic hydroxyl groups is 1. The second-order valence-electron chi connectivity index (χ2n) is 3.06. The molecule has 0 aromatic carbocycles. The Kier molecular flexibility index (Phi) is 1.96. The van der Waals surface area contributed by atoms with Gasteiger partial charge in [-0.25, -0.2) is 0 Å². The van der Waals surface area contributed by atoms with Crippen molar-refractivity contribution in [3.63, 3.8) is 0 Å². The molecule has 3 heteroatoms. The third-order valence-corrected chi connectivity index (χ3v) is 2.21. The molecule has 0 aliphatic carbocycles. The van der Waals surface area contributed by atoms with Crippen LogP contribution in [0.1, 0.15) is 24.6 Å². The molecule has 1 atom stereocenters. The van der Waals surface area contributed by atoms with Gasteiger partial charge in [-0.15, -0.1) is 0 Å². The van der Waals surface area contributed by atoms with Crippen LogP contribution in [0.25, 0.3) is 0 Å². The summed E-state index contributed by atoms with van der Waals surface area (Å²) < 4.78 is 0. The summed E-state index contributed by atoms with van der Waals surface area (Å²) >= 11 is 0. The van der Waals surface area contributed by atoms with Crippen molar-refractivity contribution in [1.29, 1.82) is 0 Å². The summed E-state index contributed by atoms with van der Waals surface area (Å²) in [7, 11) is 0. The molecule has 1 aromatic heterocycles. The van der Waals surface area contributed by atoms with E-state index in [2.05, 4.69) is 10.3 Å². The van der Waals surface area contributed by atoms with E-state index in [0.717, 1.165) is 18.7 Å². The number of rotatable bonds is 1. The van der Waals surface area contributed by atoms with Crippen LogP contribution in [0.4, 0.5) is 0 Å². The molecule has 2 heterocycles. The number of nitrogens with one attached hydrogen (secondary N) is 1. The Morgan fingerprint density at radius 1 is 1.58 bits per heavy atom. The molecule has 0 radical (unpaired) electrons. The number of pyridine rings is 1. The van der Waals surface area contributed by atoms with Gasteiger partial charge in [-0.3, -0.25) is 4.98 Å². The van der Waals surface area contributed by atoms with Crippen molar-refractivity contribution >= 4 is 0 Å². The van der Waals surface area contributed by atoms with Gasteiger partial charge in [-0.05, 0) is 31.5 Å². The molecule has 1 aromatic rings. The molecule has 2 N–H and O–H groups in total. The summed E-state index contributed by atoms with van der Waals surface area (Å²) in [4.78, 5) is 4.15. The summed E-state index contributed by atoms with van der Waals surface area (Å²) in [6.45, 7) is 1.03. The van der Waals surface area contributed by atoms with Crippen LogP contribution in [-0.2, 0) is 0 Å². The van der Waals surface area contributed by atoms with Crippen LogP contribution in [-0.4, -0.2) is 16.6 Å². The van der Waals surface area contributed by atoms with E-state index in [9.17, 15) is 5.11 Å². The molecule has 1 aliphatic heterocycles. The molecular weight excluding hydrogens is 152 g/mol. The van der Waals surface area contributed by atoms with Crippen LogP contribution in [0, 0.1) is 0 Å². The summed E-state index contributed by atoms with van der Waals surface area (Å²) in [5.74, 6) is 0.303. The van der Waals surface area contributed by atoms with Crippen LogP contribution in [0.15, 0.2) is 18.3 Å². The fourth-order valence-corrected chi connectivity index (χ4v) is 1.60. The molecule has 1 aliphatic rings. The van der Waals surface area contributed by atoms with Crippen molar-refractivity contribution < 1.29 is 5.11 Å². The molecule has 1 fully saturated rings. The van der Waals surface area contributed by atoms with Gasteiger partial charge in [0.25, 0.3) is 0 Å². The maximum atomic E-state index is 9.47. The Hall–Kier alpha value is -1.09. The lowest BCUT2D eigenvalue weighted by atomic mass is 10.1. The van der Waals surface area contributed by atoms with Crippen molar-refractivity contribution in [2.75, 3.05) is 6.54 Å². The van der Waals surface area contributed by atoms with E-state index in [1.807, 2.05) is 0 Å². The minimum atomic E-state index is 0.256. The van der Waals surface area contributed by atoms with Gasteiger partial charge < -0.3 is 10.4 Å². The van der Waals surface area contributed by atoms with Gasteiger partial charge in [0.05, 0.1) is 11.7 Å². The van der Waals surface area contributed by atoms with E-state index >= 15 is 0 Å². The van der Waals surface area contributed by atoms with E-state index in [0.29, 0.717) is 5.75 Å². The summed E-state index contributed by atoms with van der Waals surface area (Å²) in [5.41, 5.74) is 0.787. The SMILES string of the molecule is Oc1cccnc1C1CCCN1. The molecule has 0 amide bonds. The van der Waals surface area contributed by atoms with Crippen LogP contribution < -0.4 is 5.32 Å². The second kappa shape index (κ2) is 3.11. The number of hydrogen-bond donors (Lipinski definition) is 2. The zero-order chi connectivity index (χ0) is 8.39. The summed E-state index contributed by atoms with van der Waals surface area (Å²) in [6, 6.07) is 3.68. The smallest absolute Gasteiger partial charge is 0.138 e. The van der Waals surface area contributed by atoms with Crippen LogP contribution in [0.3, 0.4) is 0 Å². The maximum absolute atomic E-state index is 9.47. The molecule has 0 spiro atoms. The highest BCUT2D eigenvalue weighted by molar-refractivity contribution is 5.28. The first-order chi connectivity index (χ1) is 5.88. The van der Waals surface area contributed by atoms with Crippen molar-refractivity contribution in [2.24, 2.45) is 0 Å². The standard InChI is InChI=1S/C9H12N2O/c12-8-4-2-6-11-9(8)7-3-1-5-10-7/h2,4,6-7,10,12H,1,3,5H2. The van der Waals surface area contributed by atoms with Crippen molar-refractivity contribution in [1.82, 2.24) is 10.3 Å². The first-order valence-electron chi connectivity index (χ1n) is 4.25. The van der Waals surface area contributed by atoms with Gasteiger partial charge in [-0.2, -0.15) is 0 Å². The molecule has 12 heavy (non-hydrogen) atoms. The highest BCUT2D eigenvalue weighted by Crippen LogP contribution is 2.27. The van der Waals surface area contributed by atoms with Gasteiger partial charge in [0.1, 0.15) is 5.75 Å². The van der Waals surface area contributed by atoms with Gasteiger partial charge in [0.2, 0.25) is 0 Å². The van der Waals surface area contributed by atoms with Crippen molar-refractivity contribution in [3.8, 4) is 5.75 Å². The Morgan fingerprint density at radius 3 is 3.17 bits per heavy atom. The second-order valence-corrected chi connectivity index (χ2v) is 3.06. The molecule has 64 valence electrons. The lowest BCUT2D eigenvalue weighted by Gasteiger charge is -2.09. The molecule has 0 saturated carbocycles. The molecule has 0 bridgehead atoms. The lowest BCUT2D eigenvalue weighted by Crippen LogP contribution is -2.14. The quantitative estimate of drug-likeness (QED) is 0.655. The number of hydrogen-bond acceptors (Lipinski definition) is 3. The highest BCUT2D eigenvalue weighted by atomic mass is 16.3. The van der Waals surface area contributed by atoms with E-state index in [-0.39, 0.29) is 6.04 Å². The van der Waals surface area contributed by atoms with Gasteiger partial charge in [0.15, 0.2) is 0 Å². The first kappa shape index (κ1) is 7.55. The van der Waals surface area contributed by atoms with Gasteiger partial charge in [-0.1, -0.05) is 0 Å². The normalized spacial score (nSPS) is 22.8. The minimum Gasteiger partial charge on any atom is -0.506 e. The average Bonchev–Trinajstić information content (AvgIpc) is 2.57. The zero-order valence-corrected chi connectivity index (χ0v) is 6.83. The first-order valence-corrected chi connectivity index (χ1v) is 4.25. The van der Waals surface area contributed by atoms with E-state index in [1.165, 1.54) is 6.42 Å². The molecule has 1 saturated heterocycles. The Labute approximate surface area is 71.4 Å². The fourth-order valence-electron chi connectivity index (χ4n) is 1.60. The third-order valence-electron chi connectivity index (χ3n) is 2.21. The van der Waals surface area contributed by atoms with Crippen LogP contribution in [0.2, 0.25) is 0 Å². The Balaban J connectivity index is 2.26. The largest absolute Gasteiger partial charge is 0.506 e. The molecule has 1 unspecified atom stereocenters. The highest BCUT2D eigenvalue weighted by Gasteiger charge is 2.19. The zero-order valence-electron chi connectivity index (χ0n) is 6.83. The summed E-state index contributed by atoms with van der Waals surface area (Å²) in [6.07, 6.45) is 3.96. The topological polar surface area (TPSA) is 45.2 Å². The molecular formula is C9H12N2O. The van der Waals surface area contributed by atoms with Crippen molar-refractivity contribution in [3.05, 3.63) is 24.0 Å². The monoisotopic (exact) mass is 164 g/mol. The Bertz CT molecular complexity index is 269. The minimum absolute atomic E-state index is 0.256. The maximum Gasteiger partial charge on any atom is 0.138 e. The van der Waals surface area contributed by atoms with E-state index in [1.54, 1.807) is 18.3 Å². The molecule has 2 rings (SSSR count). The van der Waals surface area contributed by atoms with E-state index < -0.39 is 0 Å². The number of nitrogens with zero attached hydrogens (tertiary/aromatic N) is 1. The predicted molar refractivity (Wildman–Crippen MR) is 45.9 cm³/mol. The Morgan fingerprint density at radius 2 is 2.50 bits per heavy atom. The third kappa shape index (κ3) is 1.28. The van der Waals surface area contributed by atoms with Crippen LogP contribution >= 0.6 is 0 Å². The van der Waals surface area contributed by atoms with Gasteiger partial charge >= 0.3 is 0 Å². The number of aromatic nitrogens is 1. The summed E-state index contributed by atoms with van der Waals surface area (Å²) in [5, 5.41) is 12.8. The van der Waals surface area contributed by atoms with E-state index in [4.69, 9.17) is 0 Å². The van der Waals surface area contributed by atoms with Crippen LogP contribution in [0.5, 0.6) is 5.75 Å². The fraction of sp³-hybridized carbons (Fsp3) is 0.444. The predicted octanol–water partition coefficient (Wildman–Crippen LogP) is 1.21. The van der Waals surface area contributed by atoms with Gasteiger partial charge in [0, 0.05) is 6.20 Å².